The summed E-state index contributed by atoms with van der Waals surface area (Å²) in [5.74, 6) is 3.74. The maximum Gasteiger partial charge on any atom is 1.00 e. The SMILES string of the molecule is CN(C)C(=N)N(C)C.CN(C)C(=N[Si](N=C(N(C)C)N(C)C)(N=C(N(C)C)N(C)C)N=C(N(C)C)N(C)C)N(C)C.CN(C)C(=[N-])N(C)C.CO[Si](C)(OC)OC.[CH2-]CCC.[Li+].[Li+]. The van der Waals surface area contributed by atoms with Crippen molar-refractivity contribution in [2.75, 3.05) is 190 Å². The third kappa shape index (κ3) is 34.2. The molecule has 0 aromatic carbocycles. The molecule has 25 heteroatoms. The van der Waals surface area contributed by atoms with Gasteiger partial charge in [0.1, 0.15) is 0 Å². The average Bonchev–Trinajstić information content (AvgIpc) is 3.15. The molecule has 0 aliphatic rings. The predicted octanol–water partition coefficient (Wildman–Crippen LogP) is -4.46. The minimum Gasteiger partial charge on any atom is -0.432 e. The molecule has 0 aliphatic heterocycles. The molecule has 21 nitrogen and oxygen atoms in total. The van der Waals surface area contributed by atoms with Crippen LogP contribution in [0.1, 0.15) is 19.8 Å². The molecule has 0 unspecified atom stereocenters. The summed E-state index contributed by atoms with van der Waals surface area (Å²) in [6.07, 6.45) is 2.28. The first-order chi connectivity index (χ1) is 27.7. The van der Waals surface area contributed by atoms with Crippen molar-refractivity contribution in [2.24, 2.45) is 18.6 Å². The molecule has 0 saturated heterocycles. The van der Waals surface area contributed by atoms with Gasteiger partial charge in [-0.1, -0.05) is 13.3 Å². The van der Waals surface area contributed by atoms with Gasteiger partial charge in [-0.05, 0) is 28.2 Å². The van der Waals surface area contributed by atoms with Crippen LogP contribution in [-0.4, -0.2) is 303 Å². The molecule has 0 bridgehead atoms. The van der Waals surface area contributed by atoms with Crippen LogP contribution < -0.4 is 37.7 Å². The first-order valence-corrected chi connectivity index (χ1v) is 23.7. The van der Waals surface area contributed by atoms with Crippen LogP contribution in [0.25, 0.3) is 5.41 Å². The summed E-state index contributed by atoms with van der Waals surface area (Å²) in [6, 6.07) is 0. The van der Waals surface area contributed by atoms with Crippen LogP contribution >= 0.6 is 0 Å². The molecule has 364 valence electrons. The topological polar surface area (TPSA) is 162 Å². The summed E-state index contributed by atoms with van der Waals surface area (Å²) in [5.41, 5.74) is 0. The number of nitrogens with zero attached hydrogens (tertiary/aromatic N) is 17. The van der Waals surface area contributed by atoms with Gasteiger partial charge in [0.2, 0.25) is 0 Å². The zero-order valence-corrected chi connectivity index (χ0v) is 48.4. The second kappa shape index (κ2) is 38.4. The van der Waals surface area contributed by atoms with Gasteiger partial charge in [-0.15, -0.1) is 0 Å². The van der Waals surface area contributed by atoms with Crippen molar-refractivity contribution in [3.8, 4) is 0 Å². The number of hydrogen-bond donors (Lipinski definition) is 1. The molecule has 0 aromatic heterocycles. The van der Waals surface area contributed by atoms with Crippen LogP contribution in [0, 0.1) is 12.3 Å². The zero-order valence-electron chi connectivity index (χ0n) is 46.4. The first-order valence-electron chi connectivity index (χ1n) is 19.7. The van der Waals surface area contributed by atoms with Gasteiger partial charge in [0.15, 0.2) is 29.8 Å². The summed E-state index contributed by atoms with van der Waals surface area (Å²) in [5, 5.41) is 16.2. The van der Waals surface area contributed by atoms with Crippen molar-refractivity contribution in [3.63, 3.8) is 0 Å². The third-order valence-corrected chi connectivity index (χ3v) is 11.5. The van der Waals surface area contributed by atoms with E-state index in [-0.39, 0.29) is 43.7 Å². The Balaban J connectivity index is -0.000000168. The summed E-state index contributed by atoms with van der Waals surface area (Å²) < 4.78 is 35.6. The van der Waals surface area contributed by atoms with Crippen molar-refractivity contribution in [1.82, 2.24) is 58.8 Å². The Labute approximate surface area is 414 Å². The van der Waals surface area contributed by atoms with Crippen LogP contribution in [0.5, 0.6) is 0 Å². The van der Waals surface area contributed by atoms with E-state index in [1.165, 1.54) is 6.42 Å². The zero-order chi connectivity index (χ0) is 49.8. The molecule has 0 saturated carbocycles. The molecule has 0 rings (SSSR count). The Hall–Kier alpha value is -2.87. The summed E-state index contributed by atoms with van der Waals surface area (Å²) in [6.45, 7) is 7.55. The quantitative estimate of drug-likeness (QED) is 0.107. The number of guanidine groups is 6. The smallest absolute Gasteiger partial charge is 0.432 e. The van der Waals surface area contributed by atoms with Crippen molar-refractivity contribution in [1.29, 1.82) is 5.41 Å². The summed E-state index contributed by atoms with van der Waals surface area (Å²) in [7, 11) is 45.0. The fourth-order valence-electron chi connectivity index (χ4n) is 4.14. The largest absolute Gasteiger partial charge is 1.00 e. The van der Waals surface area contributed by atoms with Gasteiger partial charge >= 0.3 is 55.2 Å². The van der Waals surface area contributed by atoms with E-state index in [4.69, 9.17) is 42.7 Å². The number of unbranched alkanes of at least 4 members (excludes halogenated alkanes) is 1. The Morgan fingerprint density at radius 2 is 0.619 bits per heavy atom. The molecule has 0 fully saturated rings. The standard InChI is InChI=1S/C20H48N12Si.C5H13N3.C5H12N3.C4H12O3Si.C4H9.2Li/c1-25(2)17(26(3)4)21-33(22-18(27(5)6)28(7)8,23-19(29(9)10)30(11)12)24-20(31(13)14)32(15)16;2*1-7(2)5(6)8(3)4;1-5-8(4,6-2)7-3;1-3-4-2;;/h1-16H3;6H,1-4H3;2*1-4H3;1,3-4H2,2H3;;/q;;-1;;-1;2*+1. The Morgan fingerprint density at radius 3 is 0.667 bits per heavy atom. The molecule has 0 radical (unpaired) electrons. The first kappa shape index (κ1) is 74.5. The van der Waals surface area contributed by atoms with Gasteiger partial charge in [0.05, 0.1) is 0 Å². The fourth-order valence-corrected chi connectivity index (χ4v) is 7.61. The molecule has 1 N–H and O–H groups in total. The Morgan fingerprint density at radius 1 is 0.444 bits per heavy atom. The second-order valence-electron chi connectivity index (χ2n) is 15.9. The maximum absolute atomic E-state index is 8.97. The maximum atomic E-state index is 8.97. The minimum absolute atomic E-state index is 0. The van der Waals surface area contributed by atoms with Crippen LogP contribution in [0.2, 0.25) is 6.55 Å². The van der Waals surface area contributed by atoms with E-state index in [1.54, 1.807) is 69.1 Å². The van der Waals surface area contributed by atoms with Crippen LogP contribution in [-0.2, 0) is 13.3 Å². The number of nitrogens with one attached hydrogen (secondary N) is 1. The number of rotatable bonds is 8. The Bertz CT molecular complexity index is 1090. The van der Waals surface area contributed by atoms with Crippen LogP contribution in [0.15, 0.2) is 18.6 Å². The Kier molecular flexibility index (Phi) is 45.4. The molecular weight excluding hydrogens is 827 g/mol. The van der Waals surface area contributed by atoms with E-state index in [0.29, 0.717) is 5.96 Å². The molecule has 0 spiro atoms. The van der Waals surface area contributed by atoms with Gasteiger partial charge < -0.3 is 84.4 Å². The molecule has 0 amide bonds. The van der Waals surface area contributed by atoms with E-state index < -0.39 is 17.5 Å². The van der Waals surface area contributed by atoms with Gasteiger partial charge in [0.25, 0.3) is 0 Å². The average molecular weight is 921 g/mol. The molecule has 0 aromatic rings. The van der Waals surface area contributed by atoms with E-state index in [1.807, 2.05) is 187 Å². The van der Waals surface area contributed by atoms with Crippen LogP contribution in [0.3, 0.4) is 0 Å². The predicted molar refractivity (Wildman–Crippen MR) is 269 cm³/mol. The normalized spacial score (nSPS) is 9.62. The van der Waals surface area contributed by atoms with Gasteiger partial charge in [-0.2, -0.15) is 6.42 Å². The van der Waals surface area contributed by atoms with E-state index in [0.717, 1.165) is 30.3 Å². The molecule has 0 heterocycles. The van der Waals surface area contributed by atoms with Crippen molar-refractivity contribution >= 4 is 53.3 Å². The fraction of sp³-hybridized carbons (Fsp3) is 0.816. The van der Waals surface area contributed by atoms with Crippen LogP contribution in [0.4, 0.5) is 0 Å². The molecule has 63 heavy (non-hydrogen) atoms. The summed E-state index contributed by atoms with van der Waals surface area (Å²) in [4.78, 5) is 22.5. The van der Waals surface area contributed by atoms with E-state index in [2.05, 4.69) is 13.8 Å². The van der Waals surface area contributed by atoms with Crippen molar-refractivity contribution < 1.29 is 51.0 Å². The van der Waals surface area contributed by atoms with Gasteiger partial charge in [0, 0.05) is 175 Å². The molecule has 0 aliphatic carbocycles. The van der Waals surface area contributed by atoms with Crippen molar-refractivity contribution in [3.05, 3.63) is 12.3 Å². The van der Waals surface area contributed by atoms with E-state index >= 15 is 0 Å². The van der Waals surface area contributed by atoms with E-state index in [9.17, 15) is 0 Å². The number of hydrogen-bond acceptors (Lipinski definition) is 8. The monoisotopic (exact) mass is 921 g/mol. The molecule has 0 atom stereocenters. The third-order valence-electron chi connectivity index (χ3n) is 7.31. The second-order valence-corrected chi connectivity index (χ2v) is 21.0. The molecular formula is C38H94Li2N18O3Si2. The van der Waals surface area contributed by atoms with Gasteiger partial charge in [-0.25, -0.2) is 18.6 Å². The van der Waals surface area contributed by atoms with Crippen molar-refractivity contribution in [2.45, 2.75) is 26.3 Å². The van der Waals surface area contributed by atoms with Gasteiger partial charge in [-0.3, -0.25) is 5.41 Å². The minimum atomic E-state index is -3.53. The summed E-state index contributed by atoms with van der Waals surface area (Å²) >= 11 is 0.